The third-order valence-electron chi connectivity index (χ3n) is 12.8. The van der Waals surface area contributed by atoms with Gasteiger partial charge < -0.3 is 13.8 Å². The summed E-state index contributed by atoms with van der Waals surface area (Å²) in [5, 5.41) is 3.79. The van der Waals surface area contributed by atoms with Gasteiger partial charge in [-0.25, -0.2) is 0 Å². The summed E-state index contributed by atoms with van der Waals surface area (Å²) in [7, 11) is 0. The van der Waals surface area contributed by atoms with Crippen LogP contribution >= 0.6 is 0 Å². The molecule has 0 radical (unpaired) electrons. The van der Waals surface area contributed by atoms with Crippen LogP contribution in [0.15, 0.2) is 89.5 Å². The van der Waals surface area contributed by atoms with Gasteiger partial charge in [0.1, 0.15) is 5.58 Å². The molecule has 0 amide bonds. The third-order valence-corrected chi connectivity index (χ3v) is 12.8. The van der Waals surface area contributed by atoms with Gasteiger partial charge >= 0.3 is 6.85 Å². The average Bonchev–Trinajstić information content (AvgIpc) is 3.69. The fraction of sp³-hybridized carbons (Fsp3) is 0.385. The lowest BCUT2D eigenvalue weighted by Gasteiger charge is -2.42. The zero-order chi connectivity index (χ0) is 40.2. The topological polar surface area (TPSA) is 21.3 Å². The number of rotatable bonds is 1. The molecule has 0 atom stereocenters. The zero-order valence-electron chi connectivity index (χ0n) is 36.5. The van der Waals surface area contributed by atoms with E-state index in [9.17, 15) is 0 Å². The van der Waals surface area contributed by atoms with Crippen LogP contribution in [-0.4, -0.2) is 11.3 Å². The molecule has 286 valence electrons. The minimum absolute atomic E-state index is 0.0240. The molecule has 2 aromatic heterocycles. The summed E-state index contributed by atoms with van der Waals surface area (Å²) in [5.74, 6) is 0. The molecule has 2 aliphatic heterocycles. The summed E-state index contributed by atoms with van der Waals surface area (Å²) in [6.45, 7) is 35.0. The molecule has 0 spiro atoms. The van der Waals surface area contributed by atoms with Crippen molar-refractivity contribution in [3.63, 3.8) is 0 Å². The number of benzene rings is 5. The van der Waals surface area contributed by atoms with Crippen molar-refractivity contribution in [2.45, 2.75) is 131 Å². The van der Waals surface area contributed by atoms with Crippen molar-refractivity contribution in [3.8, 4) is 11.1 Å². The van der Waals surface area contributed by atoms with Gasteiger partial charge in [0.25, 0.3) is 0 Å². The lowest BCUT2D eigenvalue weighted by molar-refractivity contribution is 0.569. The van der Waals surface area contributed by atoms with Crippen molar-refractivity contribution in [3.05, 3.63) is 113 Å². The molecule has 56 heavy (non-hydrogen) atoms. The molecule has 0 fully saturated rings. The number of hydrogen-bond donors (Lipinski definition) is 0. The van der Waals surface area contributed by atoms with Crippen LogP contribution in [0.3, 0.4) is 0 Å². The normalized spacial score (nSPS) is 14.6. The maximum absolute atomic E-state index is 6.59. The van der Waals surface area contributed by atoms with Crippen molar-refractivity contribution < 1.29 is 4.42 Å². The molecule has 0 N–H and O–H groups in total. The minimum Gasteiger partial charge on any atom is -0.464 e. The van der Waals surface area contributed by atoms with Crippen molar-refractivity contribution in [1.29, 1.82) is 0 Å². The van der Waals surface area contributed by atoms with E-state index in [2.05, 4.69) is 192 Å². The van der Waals surface area contributed by atoms with E-state index in [0.717, 1.165) is 11.0 Å². The van der Waals surface area contributed by atoms with Crippen LogP contribution in [0, 0.1) is 0 Å². The first-order valence-electron chi connectivity index (χ1n) is 20.7. The van der Waals surface area contributed by atoms with E-state index in [-0.39, 0.29) is 33.9 Å². The predicted octanol–water partition coefficient (Wildman–Crippen LogP) is 13.4. The lowest BCUT2D eigenvalue weighted by atomic mass is 9.44. The number of nitrogens with zero attached hydrogens (tertiary/aromatic N) is 2. The number of anilines is 3. The molecule has 0 aliphatic carbocycles. The van der Waals surface area contributed by atoms with Crippen molar-refractivity contribution >= 4 is 67.6 Å². The van der Waals surface area contributed by atoms with Crippen LogP contribution in [0.1, 0.15) is 132 Å². The van der Waals surface area contributed by atoms with Gasteiger partial charge in [0.2, 0.25) is 0 Å². The molecule has 0 unspecified atom stereocenters. The summed E-state index contributed by atoms with van der Waals surface area (Å²) in [5.41, 5.74) is 19.0. The first-order chi connectivity index (χ1) is 25.9. The Bertz CT molecular complexity index is 2740. The number of fused-ring (bicyclic) bond motifs is 9. The van der Waals surface area contributed by atoms with E-state index in [1.807, 2.05) is 6.26 Å². The van der Waals surface area contributed by atoms with Crippen molar-refractivity contribution in [1.82, 2.24) is 4.48 Å². The molecule has 9 rings (SSSR count). The second kappa shape index (κ2) is 11.5. The summed E-state index contributed by atoms with van der Waals surface area (Å²) >= 11 is 0. The van der Waals surface area contributed by atoms with Gasteiger partial charge in [-0.1, -0.05) is 128 Å². The second-order valence-corrected chi connectivity index (χ2v) is 22.1. The summed E-state index contributed by atoms with van der Waals surface area (Å²) in [4.78, 5) is 2.61. The number of aromatic nitrogens is 1. The quantitative estimate of drug-likeness (QED) is 0.156. The molecule has 4 heteroatoms. The Morgan fingerprint density at radius 1 is 0.500 bits per heavy atom. The molecule has 5 aromatic carbocycles. The van der Waals surface area contributed by atoms with Gasteiger partial charge in [-0.05, 0) is 120 Å². The zero-order valence-corrected chi connectivity index (χ0v) is 36.5. The van der Waals surface area contributed by atoms with Gasteiger partial charge in [0.15, 0.2) is 0 Å². The van der Waals surface area contributed by atoms with Gasteiger partial charge in [-0.3, -0.25) is 0 Å². The molecule has 0 bridgehead atoms. The third kappa shape index (κ3) is 5.45. The highest BCUT2D eigenvalue weighted by Crippen LogP contribution is 2.50. The first-order valence-corrected chi connectivity index (χ1v) is 20.7. The van der Waals surface area contributed by atoms with E-state index >= 15 is 0 Å². The molecular formula is C52H59BN2O. The van der Waals surface area contributed by atoms with E-state index in [1.165, 1.54) is 88.7 Å². The Labute approximate surface area is 335 Å². The van der Waals surface area contributed by atoms with Gasteiger partial charge in [-0.15, -0.1) is 0 Å². The average molecular weight is 739 g/mol. The van der Waals surface area contributed by atoms with Gasteiger partial charge in [0.05, 0.1) is 6.26 Å². The van der Waals surface area contributed by atoms with E-state index in [0.29, 0.717) is 0 Å². The lowest BCUT2D eigenvalue weighted by Crippen LogP contribution is -2.56. The van der Waals surface area contributed by atoms with Gasteiger partial charge in [-0.2, -0.15) is 0 Å². The van der Waals surface area contributed by atoms with Crippen LogP contribution in [0.25, 0.3) is 43.9 Å². The van der Waals surface area contributed by atoms with Crippen molar-refractivity contribution in [2.24, 2.45) is 0 Å². The fourth-order valence-electron chi connectivity index (χ4n) is 9.25. The van der Waals surface area contributed by atoms with Crippen LogP contribution in [0.2, 0.25) is 0 Å². The summed E-state index contributed by atoms with van der Waals surface area (Å²) in [6.07, 6.45) is 1.89. The fourth-order valence-corrected chi connectivity index (χ4v) is 9.25. The molecule has 0 saturated carbocycles. The van der Waals surface area contributed by atoms with Gasteiger partial charge in [0, 0.05) is 55.4 Å². The second-order valence-electron chi connectivity index (χ2n) is 22.1. The largest absolute Gasteiger partial charge is 0.464 e. The monoisotopic (exact) mass is 738 g/mol. The summed E-state index contributed by atoms with van der Waals surface area (Å²) < 4.78 is 9.28. The smallest absolute Gasteiger partial charge is 0.333 e. The van der Waals surface area contributed by atoms with Crippen LogP contribution in [0.4, 0.5) is 17.1 Å². The number of hydrogen-bond acceptors (Lipinski definition) is 2. The van der Waals surface area contributed by atoms with E-state index < -0.39 is 0 Å². The predicted molar refractivity (Wildman–Crippen MR) is 243 cm³/mol. The molecule has 4 heterocycles. The molecular weight excluding hydrogens is 679 g/mol. The highest BCUT2D eigenvalue weighted by molar-refractivity contribution is 6.90. The van der Waals surface area contributed by atoms with Crippen LogP contribution in [-0.2, 0) is 27.1 Å². The molecule has 2 aliphatic rings. The highest BCUT2D eigenvalue weighted by atomic mass is 16.3. The molecule has 0 saturated heterocycles. The van der Waals surface area contributed by atoms with E-state index in [1.54, 1.807) is 0 Å². The number of furan rings is 1. The Balaban J connectivity index is 1.49. The maximum atomic E-state index is 6.59. The van der Waals surface area contributed by atoms with E-state index in [4.69, 9.17) is 4.42 Å². The van der Waals surface area contributed by atoms with Crippen LogP contribution < -0.4 is 15.8 Å². The SMILES string of the molecule is CC(C)(C)c1cc(N2c3cc(C(C)(C)C)ccc3B3c4c2cc2ccoc2c4-c2cc(C(C)(C)C)cc4c5cc(C(C)(C)C)ccc5n3c24)cc(C(C)(C)C)c1. The highest BCUT2D eigenvalue weighted by Gasteiger charge is 2.45. The Morgan fingerprint density at radius 2 is 1.05 bits per heavy atom. The molecule has 3 nitrogen and oxygen atoms in total. The standard InChI is InChI=1S/C52H59BN2O/c1-48(2,3)31-17-19-41-37(26-31)38-27-35(52(13,14)15)28-39-44-45-43(22-30-20-21-56-47(30)44)54(36-24-33(50(7,8)9)23-34(25-36)51(10,11)12)42-29-32(49(4,5)6)16-18-40(42)53(45)55(41)46(38)39/h16-29H,1-15H3. The first kappa shape index (κ1) is 36.9. The van der Waals surface area contributed by atoms with Crippen molar-refractivity contribution in [2.75, 3.05) is 4.90 Å². The Kier molecular flexibility index (Phi) is 7.55. The minimum atomic E-state index is -0.0481. The summed E-state index contributed by atoms with van der Waals surface area (Å²) in [6, 6.07) is 31.5. The Morgan fingerprint density at radius 3 is 1.66 bits per heavy atom. The van der Waals surface area contributed by atoms with Crippen LogP contribution in [0.5, 0.6) is 0 Å². The Hall–Kier alpha value is -4.70. The maximum Gasteiger partial charge on any atom is 0.333 e. The molecule has 7 aromatic rings.